The Balaban J connectivity index is 1.27. The van der Waals surface area contributed by atoms with Crippen LogP contribution in [0.5, 0.6) is 0 Å². The number of piperidine rings is 1. The molecule has 2 amide bonds. The number of allylic oxidation sites excluding steroid dienone is 1. The van der Waals surface area contributed by atoms with Gasteiger partial charge in [-0.05, 0) is 68.0 Å². The molecule has 2 aromatic rings. The number of carbonyl (C=O) groups is 2. The molecule has 0 unspecified atom stereocenters. The number of nitrogens with zero attached hydrogens (tertiary/aromatic N) is 3. The topological polar surface area (TPSA) is 62.0 Å². The van der Waals surface area contributed by atoms with Crippen LogP contribution >= 0.6 is 0 Å². The number of benzene rings is 2. The number of carbonyl (C=O) groups excluding carboxylic acids is 2. The first-order valence-corrected chi connectivity index (χ1v) is 13.3. The van der Waals surface area contributed by atoms with Gasteiger partial charge in [-0.25, -0.2) is 9.18 Å². The van der Waals surface area contributed by atoms with Crippen molar-refractivity contribution >= 4 is 24.2 Å². The maximum absolute atomic E-state index is 13.9. The summed E-state index contributed by atoms with van der Waals surface area (Å²) in [6, 6.07) is 13.5. The molecule has 38 heavy (non-hydrogen) atoms. The van der Waals surface area contributed by atoms with E-state index in [-0.39, 0.29) is 17.6 Å². The summed E-state index contributed by atoms with van der Waals surface area (Å²) >= 11 is 0. The van der Waals surface area contributed by atoms with Gasteiger partial charge in [-0.1, -0.05) is 35.9 Å². The van der Waals surface area contributed by atoms with E-state index in [2.05, 4.69) is 17.6 Å². The van der Waals surface area contributed by atoms with Crippen molar-refractivity contribution in [3.63, 3.8) is 0 Å². The molecule has 0 radical (unpaired) electrons. The number of halogens is 1. The lowest BCUT2D eigenvalue weighted by Crippen LogP contribution is -2.52. The largest absolute Gasteiger partial charge is 0.393 e. The Bertz CT molecular complexity index is 1320. The Morgan fingerprint density at radius 2 is 1.76 bits per heavy atom. The normalized spacial score (nSPS) is 18.9. The Kier molecular flexibility index (Phi) is 7.39. The molecule has 0 N–H and O–H groups in total. The van der Waals surface area contributed by atoms with E-state index in [4.69, 9.17) is 4.84 Å². The van der Waals surface area contributed by atoms with Crippen molar-refractivity contribution in [2.45, 2.75) is 52.0 Å². The molecular weight excluding hydrogens is 481 g/mol. The van der Waals surface area contributed by atoms with E-state index >= 15 is 0 Å². The van der Waals surface area contributed by atoms with Crippen LogP contribution in [0.25, 0.3) is 0 Å². The molecule has 0 atom stereocenters. The summed E-state index contributed by atoms with van der Waals surface area (Å²) in [5.74, 6) is 0.613. The van der Waals surface area contributed by atoms with Crippen LogP contribution < -0.4 is 0 Å². The number of hydrogen-bond donors (Lipinski definition) is 0. The molecule has 0 aromatic heterocycles. The second kappa shape index (κ2) is 10.9. The summed E-state index contributed by atoms with van der Waals surface area (Å²) < 4.78 is 14.9. The lowest BCUT2D eigenvalue weighted by molar-refractivity contribution is -0.467. The number of rotatable bonds is 6. The van der Waals surface area contributed by atoms with E-state index in [0.29, 0.717) is 55.4 Å². The van der Waals surface area contributed by atoms with E-state index in [9.17, 15) is 14.0 Å². The summed E-state index contributed by atoms with van der Waals surface area (Å²) in [5, 5.41) is 4.07. The molecule has 196 valence electrons. The molecule has 0 spiro atoms. The number of amides is 2. The maximum atomic E-state index is 13.9. The van der Waals surface area contributed by atoms with Gasteiger partial charge in [0.05, 0.1) is 0 Å². The van der Waals surface area contributed by atoms with Crippen molar-refractivity contribution in [3.05, 3.63) is 88.6 Å². The minimum Gasteiger partial charge on any atom is -0.353 e. The summed E-state index contributed by atoms with van der Waals surface area (Å²) in [6.45, 7) is 7.26. The zero-order valence-corrected chi connectivity index (χ0v) is 21.8. The molecule has 3 aliphatic rings. The zero-order valence-electron chi connectivity index (χ0n) is 21.8. The molecule has 2 aliphatic heterocycles. The van der Waals surface area contributed by atoms with Gasteiger partial charge in [0.1, 0.15) is 23.7 Å². The van der Waals surface area contributed by atoms with Crippen molar-refractivity contribution in [2.24, 2.45) is 16.5 Å². The van der Waals surface area contributed by atoms with Crippen molar-refractivity contribution in [3.8, 4) is 0 Å². The van der Waals surface area contributed by atoms with Crippen molar-refractivity contribution in [2.75, 3.05) is 13.1 Å². The smallest absolute Gasteiger partial charge is 0.353 e. The van der Waals surface area contributed by atoms with Gasteiger partial charge in [-0.15, -0.1) is 0 Å². The fourth-order valence-corrected chi connectivity index (χ4v) is 6.02. The number of likely N-dealkylation sites (tertiary alicyclic amines) is 1. The van der Waals surface area contributed by atoms with E-state index < -0.39 is 5.41 Å². The average Bonchev–Trinajstić information content (AvgIpc) is 3.50. The molecule has 7 heteroatoms. The zero-order chi connectivity index (χ0) is 26.7. The van der Waals surface area contributed by atoms with Crippen LogP contribution in [0.3, 0.4) is 0 Å². The molecule has 2 fully saturated rings. The first-order valence-electron chi connectivity index (χ1n) is 13.3. The SMILES string of the molecule is C=[N+](Cc1ccc(F)cc1)C(=O)C1(C2CCCC2)CCN(C(=O)c2ccc(C3=NOC(C)=C=C3)cc2)CC1. The van der Waals surface area contributed by atoms with Crippen molar-refractivity contribution in [1.29, 1.82) is 0 Å². The van der Waals surface area contributed by atoms with E-state index in [1.165, 1.54) is 12.1 Å². The Hall–Kier alpha value is -3.83. The minimum atomic E-state index is -0.518. The van der Waals surface area contributed by atoms with Gasteiger partial charge < -0.3 is 9.74 Å². The standard InChI is InChI=1S/C31H33FN3O3/c1-22-7-16-28(33-38-22)24-10-12-25(13-11-24)29(36)35-19-17-31(18-20-35,26-5-3-4-6-26)30(37)34(2)21-23-8-14-27(32)15-9-23/h8-16,26H,2-6,17-21H2,1H3/q+1. The lowest BCUT2D eigenvalue weighted by atomic mass is 9.67. The molecule has 1 saturated carbocycles. The third-order valence-corrected chi connectivity index (χ3v) is 8.20. The van der Waals surface area contributed by atoms with Crippen LogP contribution in [-0.4, -0.2) is 46.8 Å². The van der Waals surface area contributed by atoms with Crippen LogP contribution in [0.2, 0.25) is 0 Å². The van der Waals surface area contributed by atoms with Gasteiger partial charge in [0.15, 0.2) is 12.3 Å². The van der Waals surface area contributed by atoms with Gasteiger partial charge in [-0.2, -0.15) is 4.58 Å². The van der Waals surface area contributed by atoms with Crippen LogP contribution in [0.1, 0.15) is 66.9 Å². The molecule has 5 rings (SSSR count). The summed E-state index contributed by atoms with van der Waals surface area (Å²) in [5.41, 5.74) is 5.44. The van der Waals surface area contributed by atoms with E-state index in [1.54, 1.807) is 29.7 Å². The predicted octanol–water partition coefficient (Wildman–Crippen LogP) is 5.47. The highest BCUT2D eigenvalue weighted by molar-refractivity contribution is 6.09. The first-order chi connectivity index (χ1) is 18.4. The molecule has 2 heterocycles. The van der Waals surface area contributed by atoms with E-state index in [1.807, 2.05) is 29.2 Å². The molecule has 1 saturated heterocycles. The van der Waals surface area contributed by atoms with Crippen molar-refractivity contribution < 1.29 is 23.4 Å². The van der Waals surface area contributed by atoms with Gasteiger partial charge in [0, 0.05) is 42.8 Å². The summed E-state index contributed by atoms with van der Waals surface area (Å²) in [7, 11) is 0. The number of oxime groups is 1. The molecule has 2 aromatic carbocycles. The van der Waals surface area contributed by atoms with Crippen LogP contribution in [0, 0.1) is 17.2 Å². The highest BCUT2D eigenvalue weighted by Gasteiger charge is 2.53. The first kappa shape index (κ1) is 25.8. The monoisotopic (exact) mass is 514 g/mol. The van der Waals surface area contributed by atoms with Crippen LogP contribution in [-0.2, 0) is 16.2 Å². The average molecular weight is 515 g/mol. The Morgan fingerprint density at radius 1 is 1.11 bits per heavy atom. The molecule has 1 aliphatic carbocycles. The third-order valence-electron chi connectivity index (χ3n) is 8.20. The van der Waals surface area contributed by atoms with Crippen molar-refractivity contribution in [1.82, 2.24) is 4.90 Å². The Morgan fingerprint density at radius 3 is 2.37 bits per heavy atom. The fourth-order valence-electron chi connectivity index (χ4n) is 6.02. The number of hydrogen-bond acceptors (Lipinski definition) is 4. The molecule has 6 nitrogen and oxygen atoms in total. The van der Waals surface area contributed by atoms with Crippen LogP contribution in [0.15, 0.2) is 71.3 Å². The van der Waals surface area contributed by atoms with Gasteiger partial charge >= 0.3 is 5.91 Å². The highest BCUT2D eigenvalue weighted by Crippen LogP contribution is 2.48. The van der Waals surface area contributed by atoms with Crippen LogP contribution in [0.4, 0.5) is 4.39 Å². The quantitative estimate of drug-likeness (QED) is 0.292. The summed E-state index contributed by atoms with van der Waals surface area (Å²) in [4.78, 5) is 34.3. The second-order valence-electron chi connectivity index (χ2n) is 10.5. The fraction of sp³-hybridized carbons (Fsp3) is 0.387. The predicted molar refractivity (Wildman–Crippen MR) is 143 cm³/mol. The second-order valence-corrected chi connectivity index (χ2v) is 10.5. The lowest BCUT2D eigenvalue weighted by Gasteiger charge is -2.42. The summed E-state index contributed by atoms with van der Waals surface area (Å²) in [6.07, 6.45) is 7.34. The molecule has 0 bridgehead atoms. The van der Waals surface area contributed by atoms with Gasteiger partial charge in [0.25, 0.3) is 5.91 Å². The van der Waals surface area contributed by atoms with E-state index in [0.717, 1.165) is 36.8 Å². The Labute approximate surface area is 222 Å². The maximum Gasteiger partial charge on any atom is 0.393 e. The third kappa shape index (κ3) is 5.25. The molecular formula is C31H33FN3O3+. The van der Waals surface area contributed by atoms with Gasteiger partial charge in [-0.3, -0.25) is 4.79 Å². The van der Waals surface area contributed by atoms with Gasteiger partial charge in [0.2, 0.25) is 0 Å². The highest BCUT2D eigenvalue weighted by atomic mass is 19.1. The minimum absolute atomic E-state index is 0.0325.